The second-order valence-corrected chi connectivity index (χ2v) is 4.10. The van der Waals surface area contributed by atoms with Gasteiger partial charge in [-0.25, -0.2) is 4.79 Å². The van der Waals surface area contributed by atoms with Crippen molar-refractivity contribution in [2.75, 3.05) is 0 Å². The number of carbonyl (C=O) groups is 1. The Hall–Kier alpha value is -2.29. The zero-order chi connectivity index (χ0) is 13.9. The van der Waals surface area contributed by atoms with E-state index in [4.69, 9.17) is 4.74 Å². The monoisotopic (exact) mass is 257 g/mol. The van der Waals surface area contributed by atoms with E-state index in [1.54, 1.807) is 0 Å². The number of allylic oxidation sites excluding steroid dienone is 11. The van der Waals surface area contributed by atoms with E-state index in [1.165, 1.54) is 0 Å². The Kier molecular flexibility index (Phi) is 6.80. The molecule has 0 atom stereocenters. The summed E-state index contributed by atoms with van der Waals surface area (Å²) >= 11 is 0. The van der Waals surface area contributed by atoms with Crippen LogP contribution in [0.4, 0.5) is 4.79 Å². The molecule has 19 heavy (non-hydrogen) atoms. The van der Waals surface area contributed by atoms with Gasteiger partial charge in [0.15, 0.2) is 0 Å². The molecule has 0 saturated carbocycles. The number of alkyl carbamates (subject to hydrolysis) is 1. The maximum absolute atomic E-state index is 11.5. The zero-order valence-electron chi connectivity index (χ0n) is 11.2. The number of hydrogen-bond donors (Lipinski definition) is 1. The van der Waals surface area contributed by atoms with Crippen molar-refractivity contribution in [2.45, 2.75) is 20.0 Å². The molecule has 0 unspecified atom stereocenters. The van der Waals surface area contributed by atoms with Crippen molar-refractivity contribution >= 4 is 6.09 Å². The fourth-order valence-corrected chi connectivity index (χ4v) is 1.27. The van der Waals surface area contributed by atoms with Gasteiger partial charge in [-0.15, -0.1) is 0 Å². The van der Waals surface area contributed by atoms with Gasteiger partial charge >= 0.3 is 6.09 Å². The van der Waals surface area contributed by atoms with Crippen molar-refractivity contribution in [1.82, 2.24) is 5.32 Å². The summed E-state index contributed by atoms with van der Waals surface area (Å²) in [6.45, 7) is 3.62. The lowest BCUT2D eigenvalue weighted by molar-refractivity contribution is 0.118. The molecule has 1 aliphatic carbocycles. The van der Waals surface area contributed by atoms with E-state index in [9.17, 15) is 4.79 Å². The minimum atomic E-state index is -0.453. The number of carbonyl (C=O) groups excluding carboxylic acids is 1. The lowest BCUT2D eigenvalue weighted by Gasteiger charge is -2.09. The average molecular weight is 257 g/mol. The van der Waals surface area contributed by atoms with Crippen LogP contribution in [0.2, 0.25) is 0 Å². The topological polar surface area (TPSA) is 38.3 Å². The molecule has 0 saturated heterocycles. The smallest absolute Gasteiger partial charge is 0.411 e. The maximum Gasteiger partial charge on any atom is 0.411 e. The van der Waals surface area contributed by atoms with E-state index in [2.05, 4.69) is 5.32 Å². The summed E-state index contributed by atoms with van der Waals surface area (Å²) in [5.74, 6) is 0. The molecule has 0 aromatic heterocycles. The molecule has 0 radical (unpaired) electrons. The van der Waals surface area contributed by atoms with Gasteiger partial charge in [0.1, 0.15) is 0 Å². The van der Waals surface area contributed by atoms with Gasteiger partial charge in [0, 0.05) is 5.70 Å². The summed E-state index contributed by atoms with van der Waals surface area (Å²) in [5, 5.41) is 2.69. The van der Waals surface area contributed by atoms with Crippen LogP contribution in [-0.2, 0) is 4.74 Å². The van der Waals surface area contributed by atoms with Crippen LogP contribution >= 0.6 is 0 Å². The minimum Gasteiger partial charge on any atom is -0.447 e. The molecule has 0 bridgehead atoms. The highest BCUT2D eigenvalue weighted by molar-refractivity contribution is 5.70. The van der Waals surface area contributed by atoms with Crippen LogP contribution in [0.5, 0.6) is 0 Å². The third kappa shape index (κ3) is 7.60. The van der Waals surface area contributed by atoms with E-state index >= 15 is 0 Å². The summed E-state index contributed by atoms with van der Waals surface area (Å²) in [4.78, 5) is 11.5. The molecule has 100 valence electrons. The van der Waals surface area contributed by atoms with Crippen LogP contribution in [-0.4, -0.2) is 12.2 Å². The number of nitrogens with one attached hydrogen (secondary N) is 1. The average Bonchev–Trinajstić information content (AvgIpc) is 2.31. The number of hydrogen-bond acceptors (Lipinski definition) is 2. The number of amides is 1. The third-order valence-corrected chi connectivity index (χ3v) is 2.03. The molecule has 1 N–H and O–H groups in total. The highest BCUT2D eigenvalue weighted by Crippen LogP contribution is 1.98. The molecule has 0 heterocycles. The van der Waals surface area contributed by atoms with Crippen molar-refractivity contribution < 1.29 is 9.53 Å². The van der Waals surface area contributed by atoms with E-state index in [0.29, 0.717) is 5.70 Å². The van der Waals surface area contributed by atoms with E-state index < -0.39 is 6.09 Å². The van der Waals surface area contributed by atoms with Crippen molar-refractivity contribution in [2.24, 2.45) is 0 Å². The maximum atomic E-state index is 11.5. The second-order valence-electron chi connectivity index (χ2n) is 4.10. The summed E-state index contributed by atoms with van der Waals surface area (Å²) in [5.41, 5.74) is 0.671. The molecule has 3 nitrogen and oxygen atoms in total. The standard InChI is InChI=1S/C16H19NO2/c1-14(2)19-16(18)17-15-12-10-8-6-4-3-5-7-9-11-13-15/h3-14H,1-2H3,(H,17,18)/b4-3-,5-3?,6-4?,7-5-,8-6-,9-7?,10-8?,11-9-,12-10-,13-11?,15-12?,15-13+. The van der Waals surface area contributed by atoms with Crippen molar-refractivity contribution in [3.05, 3.63) is 72.5 Å². The van der Waals surface area contributed by atoms with Gasteiger partial charge < -0.3 is 4.74 Å². The molecule has 0 aliphatic heterocycles. The summed E-state index contributed by atoms with van der Waals surface area (Å²) in [6, 6.07) is 0. The first-order chi connectivity index (χ1) is 9.18. The largest absolute Gasteiger partial charge is 0.447 e. The van der Waals surface area contributed by atoms with Crippen molar-refractivity contribution in [1.29, 1.82) is 0 Å². The first-order valence-corrected chi connectivity index (χ1v) is 6.21. The van der Waals surface area contributed by atoms with Crippen LogP contribution in [0, 0.1) is 0 Å². The van der Waals surface area contributed by atoms with Crippen LogP contribution < -0.4 is 5.32 Å². The molecule has 1 amide bonds. The SMILES string of the molecule is CC(C)OC(=O)NC1=C/C=C\C=C/C=C\C=C/C=C\1. The van der Waals surface area contributed by atoms with Gasteiger partial charge in [0.2, 0.25) is 0 Å². The lowest BCUT2D eigenvalue weighted by Crippen LogP contribution is -2.25. The first kappa shape index (κ1) is 14.8. The Labute approximate surface area is 114 Å². The molecule has 0 fully saturated rings. The number of ether oxygens (including phenoxy) is 1. The summed E-state index contributed by atoms with van der Waals surface area (Å²) < 4.78 is 5.03. The Morgan fingerprint density at radius 3 is 2.05 bits per heavy atom. The van der Waals surface area contributed by atoms with Crippen molar-refractivity contribution in [3.8, 4) is 0 Å². The highest BCUT2D eigenvalue weighted by Gasteiger charge is 2.04. The molecule has 0 aromatic carbocycles. The Morgan fingerprint density at radius 1 is 0.947 bits per heavy atom. The van der Waals surface area contributed by atoms with E-state index in [1.807, 2.05) is 80.7 Å². The van der Waals surface area contributed by atoms with Gasteiger partial charge in [-0.2, -0.15) is 0 Å². The third-order valence-electron chi connectivity index (χ3n) is 2.03. The fourth-order valence-electron chi connectivity index (χ4n) is 1.27. The molecule has 1 aliphatic rings. The van der Waals surface area contributed by atoms with Crippen molar-refractivity contribution in [3.63, 3.8) is 0 Å². The van der Waals surface area contributed by atoms with Gasteiger partial charge in [-0.05, 0) is 26.0 Å². The predicted molar refractivity (Wildman–Crippen MR) is 78.5 cm³/mol. The second kappa shape index (κ2) is 8.75. The van der Waals surface area contributed by atoms with Crippen LogP contribution in [0.25, 0.3) is 0 Å². The molecule has 1 rings (SSSR count). The molecule has 3 heteroatoms. The lowest BCUT2D eigenvalue weighted by atomic mass is 10.3. The Morgan fingerprint density at radius 2 is 1.47 bits per heavy atom. The molecule has 0 spiro atoms. The first-order valence-electron chi connectivity index (χ1n) is 6.21. The fraction of sp³-hybridized carbons (Fsp3) is 0.188. The quantitative estimate of drug-likeness (QED) is 0.817. The van der Waals surface area contributed by atoms with Crippen LogP contribution in [0.15, 0.2) is 72.5 Å². The van der Waals surface area contributed by atoms with Gasteiger partial charge in [-0.3, -0.25) is 5.32 Å². The minimum absolute atomic E-state index is 0.140. The van der Waals surface area contributed by atoms with Gasteiger partial charge in [-0.1, -0.05) is 54.7 Å². The van der Waals surface area contributed by atoms with Crippen LogP contribution in [0.3, 0.4) is 0 Å². The van der Waals surface area contributed by atoms with Crippen LogP contribution in [0.1, 0.15) is 13.8 Å². The Balaban J connectivity index is 2.74. The number of rotatable bonds is 2. The van der Waals surface area contributed by atoms with E-state index in [-0.39, 0.29) is 6.10 Å². The van der Waals surface area contributed by atoms with Gasteiger partial charge in [0.25, 0.3) is 0 Å². The zero-order valence-corrected chi connectivity index (χ0v) is 11.2. The van der Waals surface area contributed by atoms with E-state index in [0.717, 1.165) is 0 Å². The Bertz CT molecular complexity index is 463. The predicted octanol–water partition coefficient (Wildman–Crippen LogP) is 3.80. The van der Waals surface area contributed by atoms with Gasteiger partial charge in [0.05, 0.1) is 6.10 Å². The normalized spacial score (nSPS) is 25.9. The summed E-state index contributed by atoms with van der Waals surface area (Å²) in [7, 11) is 0. The molecule has 0 aromatic rings. The highest BCUT2D eigenvalue weighted by atomic mass is 16.6. The summed E-state index contributed by atoms with van der Waals surface area (Å²) in [6.07, 6.45) is 20.1. The molecular weight excluding hydrogens is 238 g/mol. The molecular formula is C16H19NO2.